The third kappa shape index (κ3) is 3.80. The van der Waals surface area contributed by atoms with Gasteiger partial charge in [0.15, 0.2) is 0 Å². The van der Waals surface area contributed by atoms with Gasteiger partial charge in [0.2, 0.25) is 5.91 Å². The van der Waals surface area contributed by atoms with E-state index >= 15 is 0 Å². The van der Waals surface area contributed by atoms with E-state index in [1.807, 2.05) is 6.92 Å². The molecular formula is C12H21ClN2O. The summed E-state index contributed by atoms with van der Waals surface area (Å²) in [5, 5.41) is 6.30. The molecule has 1 atom stereocenters. The van der Waals surface area contributed by atoms with Gasteiger partial charge in [0.05, 0.1) is 0 Å². The maximum absolute atomic E-state index is 11.7. The Hall–Kier alpha value is -0.540. The van der Waals surface area contributed by atoms with Crippen molar-refractivity contribution in [3.8, 4) is 0 Å². The van der Waals surface area contributed by atoms with E-state index in [0.29, 0.717) is 5.92 Å². The fourth-order valence-corrected chi connectivity index (χ4v) is 2.00. The van der Waals surface area contributed by atoms with Gasteiger partial charge >= 0.3 is 0 Å². The lowest BCUT2D eigenvalue weighted by Gasteiger charge is -2.16. The number of carbonyl (C=O) groups excluding carboxylic acids is 1. The summed E-state index contributed by atoms with van der Waals surface area (Å²) in [5.41, 5.74) is 1.37. The van der Waals surface area contributed by atoms with Gasteiger partial charge in [-0.25, -0.2) is 0 Å². The van der Waals surface area contributed by atoms with E-state index in [2.05, 4.69) is 16.7 Å². The van der Waals surface area contributed by atoms with E-state index in [4.69, 9.17) is 0 Å². The molecule has 3 nitrogen and oxygen atoms in total. The number of nitrogens with one attached hydrogen (secondary N) is 2. The van der Waals surface area contributed by atoms with E-state index in [1.54, 1.807) is 0 Å². The molecule has 2 aliphatic rings. The highest BCUT2D eigenvalue weighted by atomic mass is 35.5. The van der Waals surface area contributed by atoms with Crippen LogP contribution in [0.25, 0.3) is 0 Å². The van der Waals surface area contributed by atoms with Crippen LogP contribution in [-0.2, 0) is 4.79 Å². The number of halogens is 1. The normalized spacial score (nSPS) is 21.7. The Morgan fingerprint density at radius 2 is 2.38 bits per heavy atom. The molecule has 0 saturated heterocycles. The molecule has 1 unspecified atom stereocenters. The highest BCUT2D eigenvalue weighted by Crippen LogP contribution is 2.36. The first-order chi connectivity index (χ1) is 7.27. The second kappa shape index (κ2) is 6.26. The SMILES string of the molecule is CC(C(=O)NCC1=CCNCC1)C1CC1.Cl. The van der Waals surface area contributed by atoms with Crippen LogP contribution in [0, 0.1) is 11.8 Å². The first-order valence-corrected chi connectivity index (χ1v) is 5.93. The Morgan fingerprint density at radius 1 is 1.62 bits per heavy atom. The number of amides is 1. The van der Waals surface area contributed by atoms with Crippen molar-refractivity contribution >= 4 is 18.3 Å². The number of carbonyl (C=O) groups is 1. The van der Waals surface area contributed by atoms with Gasteiger partial charge < -0.3 is 10.6 Å². The zero-order chi connectivity index (χ0) is 10.7. The zero-order valence-corrected chi connectivity index (χ0v) is 10.6. The Morgan fingerprint density at radius 3 is 2.94 bits per heavy atom. The van der Waals surface area contributed by atoms with Crippen LogP contribution in [0.5, 0.6) is 0 Å². The van der Waals surface area contributed by atoms with Crippen molar-refractivity contribution in [3.05, 3.63) is 11.6 Å². The van der Waals surface area contributed by atoms with Gasteiger partial charge in [-0.15, -0.1) is 12.4 Å². The summed E-state index contributed by atoms with van der Waals surface area (Å²) in [6, 6.07) is 0. The van der Waals surface area contributed by atoms with Gasteiger partial charge in [-0.2, -0.15) is 0 Å². The van der Waals surface area contributed by atoms with Crippen LogP contribution in [0.2, 0.25) is 0 Å². The van der Waals surface area contributed by atoms with Crippen molar-refractivity contribution in [1.82, 2.24) is 10.6 Å². The molecule has 0 spiro atoms. The summed E-state index contributed by atoms with van der Waals surface area (Å²) in [4.78, 5) is 11.7. The third-order valence-electron chi connectivity index (χ3n) is 3.39. The summed E-state index contributed by atoms with van der Waals surface area (Å²) in [6.07, 6.45) is 5.73. The molecule has 1 aliphatic carbocycles. The molecule has 0 radical (unpaired) electrons. The zero-order valence-electron chi connectivity index (χ0n) is 9.79. The van der Waals surface area contributed by atoms with Gasteiger partial charge in [-0.05, 0) is 31.7 Å². The molecule has 0 aromatic heterocycles. The number of hydrogen-bond donors (Lipinski definition) is 2. The van der Waals surface area contributed by atoms with E-state index in [0.717, 1.165) is 26.1 Å². The molecule has 0 bridgehead atoms. The van der Waals surface area contributed by atoms with Crippen molar-refractivity contribution in [2.24, 2.45) is 11.8 Å². The average molecular weight is 245 g/mol. The van der Waals surface area contributed by atoms with Crippen LogP contribution in [-0.4, -0.2) is 25.5 Å². The predicted octanol–water partition coefficient (Wildman–Crippen LogP) is 1.49. The van der Waals surface area contributed by atoms with Crippen LogP contribution in [0.1, 0.15) is 26.2 Å². The summed E-state index contributed by atoms with van der Waals surface area (Å²) in [6.45, 7) is 4.78. The minimum Gasteiger partial charge on any atom is -0.352 e. The van der Waals surface area contributed by atoms with E-state index in [1.165, 1.54) is 18.4 Å². The lowest BCUT2D eigenvalue weighted by Crippen LogP contribution is -2.33. The minimum absolute atomic E-state index is 0. The van der Waals surface area contributed by atoms with Crippen LogP contribution in [0.3, 0.4) is 0 Å². The average Bonchev–Trinajstić information content (AvgIpc) is 3.10. The molecule has 1 amide bonds. The Bertz CT molecular complexity index is 274. The summed E-state index contributed by atoms with van der Waals surface area (Å²) in [7, 11) is 0. The van der Waals surface area contributed by atoms with E-state index in [-0.39, 0.29) is 24.2 Å². The van der Waals surface area contributed by atoms with Crippen LogP contribution in [0.15, 0.2) is 11.6 Å². The van der Waals surface area contributed by atoms with Crippen molar-refractivity contribution in [3.63, 3.8) is 0 Å². The first-order valence-electron chi connectivity index (χ1n) is 5.93. The van der Waals surface area contributed by atoms with E-state index in [9.17, 15) is 4.79 Å². The number of hydrogen-bond acceptors (Lipinski definition) is 2. The predicted molar refractivity (Wildman–Crippen MR) is 67.7 cm³/mol. The topological polar surface area (TPSA) is 41.1 Å². The molecule has 1 saturated carbocycles. The highest BCUT2D eigenvalue weighted by Gasteiger charge is 2.32. The fourth-order valence-electron chi connectivity index (χ4n) is 2.00. The monoisotopic (exact) mass is 244 g/mol. The van der Waals surface area contributed by atoms with E-state index < -0.39 is 0 Å². The highest BCUT2D eigenvalue weighted by molar-refractivity contribution is 5.85. The van der Waals surface area contributed by atoms with Crippen LogP contribution >= 0.6 is 12.4 Å². The first kappa shape index (κ1) is 13.5. The third-order valence-corrected chi connectivity index (χ3v) is 3.39. The molecule has 0 aromatic rings. The summed E-state index contributed by atoms with van der Waals surface area (Å²) in [5.74, 6) is 1.11. The molecule has 4 heteroatoms. The van der Waals surface area contributed by atoms with Gasteiger partial charge in [0.25, 0.3) is 0 Å². The van der Waals surface area contributed by atoms with Crippen LogP contribution in [0.4, 0.5) is 0 Å². The second-order valence-corrected chi connectivity index (χ2v) is 4.66. The Labute approximate surface area is 103 Å². The Balaban J connectivity index is 0.00000128. The quantitative estimate of drug-likeness (QED) is 0.736. The standard InChI is InChI=1S/C12H20N2O.ClH/c1-9(11-2-3-11)12(15)14-8-10-4-6-13-7-5-10;/h4,9,11,13H,2-3,5-8H2,1H3,(H,14,15);1H. The molecule has 16 heavy (non-hydrogen) atoms. The van der Waals surface area contributed by atoms with Crippen molar-refractivity contribution in [2.45, 2.75) is 26.2 Å². The lowest BCUT2D eigenvalue weighted by molar-refractivity contribution is -0.124. The fraction of sp³-hybridized carbons (Fsp3) is 0.750. The summed E-state index contributed by atoms with van der Waals surface area (Å²) < 4.78 is 0. The minimum atomic E-state index is 0. The van der Waals surface area contributed by atoms with Gasteiger partial charge in [-0.3, -0.25) is 4.79 Å². The van der Waals surface area contributed by atoms with Crippen molar-refractivity contribution < 1.29 is 4.79 Å². The van der Waals surface area contributed by atoms with Gasteiger partial charge in [0.1, 0.15) is 0 Å². The molecule has 2 rings (SSSR count). The molecule has 2 N–H and O–H groups in total. The largest absolute Gasteiger partial charge is 0.352 e. The van der Waals surface area contributed by atoms with Gasteiger partial charge in [0, 0.05) is 19.0 Å². The molecule has 92 valence electrons. The smallest absolute Gasteiger partial charge is 0.223 e. The maximum atomic E-state index is 11.7. The Kier molecular flexibility index (Phi) is 5.29. The van der Waals surface area contributed by atoms with Crippen LogP contribution < -0.4 is 10.6 Å². The lowest BCUT2D eigenvalue weighted by atomic mass is 10.1. The molecule has 1 aliphatic heterocycles. The molecule has 1 fully saturated rings. The molecule has 1 heterocycles. The summed E-state index contributed by atoms with van der Waals surface area (Å²) >= 11 is 0. The van der Waals surface area contributed by atoms with Crippen molar-refractivity contribution in [1.29, 1.82) is 0 Å². The molecule has 0 aromatic carbocycles. The number of rotatable bonds is 4. The van der Waals surface area contributed by atoms with Crippen molar-refractivity contribution in [2.75, 3.05) is 19.6 Å². The second-order valence-electron chi connectivity index (χ2n) is 4.66. The molecular weight excluding hydrogens is 224 g/mol. The maximum Gasteiger partial charge on any atom is 0.223 e. The van der Waals surface area contributed by atoms with Gasteiger partial charge in [-0.1, -0.05) is 18.6 Å².